The molecule has 2 N–H and O–H groups in total. The highest BCUT2D eigenvalue weighted by Crippen LogP contribution is 2.34. The van der Waals surface area contributed by atoms with Crippen molar-refractivity contribution in [2.24, 2.45) is 5.73 Å². The molecule has 2 aliphatic rings. The molecule has 24 heavy (non-hydrogen) atoms. The van der Waals surface area contributed by atoms with Gasteiger partial charge in [-0.25, -0.2) is 4.98 Å². The molecule has 0 unspecified atom stereocenters. The molecule has 4 rings (SSSR count). The van der Waals surface area contributed by atoms with E-state index in [0.29, 0.717) is 19.8 Å². The predicted molar refractivity (Wildman–Crippen MR) is 90.7 cm³/mol. The van der Waals surface area contributed by atoms with Gasteiger partial charge in [-0.2, -0.15) is 0 Å². The summed E-state index contributed by atoms with van der Waals surface area (Å²) in [4.78, 5) is 7.21. The molecule has 0 atom stereocenters. The van der Waals surface area contributed by atoms with E-state index in [2.05, 4.69) is 15.5 Å². The molecule has 1 saturated heterocycles. The average molecular weight is 332 g/mol. The third-order valence-electron chi connectivity index (χ3n) is 4.60. The standard InChI is InChI=1S/C17H24N4O3/c18-2-1-17-19-13-11-15-16(24-10-9-23-15)12-14(13)21(17)4-3-20-5-7-22-8-6-20/h11-12H,1-10,18H2. The van der Waals surface area contributed by atoms with Gasteiger partial charge in [0, 0.05) is 44.7 Å². The number of rotatable bonds is 5. The molecule has 2 aromatic rings. The van der Waals surface area contributed by atoms with Gasteiger partial charge in [0.2, 0.25) is 0 Å². The Morgan fingerprint density at radius 1 is 1.00 bits per heavy atom. The van der Waals surface area contributed by atoms with Crippen LogP contribution in [0.1, 0.15) is 5.82 Å². The normalized spacial score (nSPS) is 18.2. The Bertz CT molecular complexity index is 709. The number of imidazole rings is 1. The van der Waals surface area contributed by atoms with Gasteiger partial charge in [0.15, 0.2) is 11.5 Å². The lowest BCUT2D eigenvalue weighted by molar-refractivity contribution is 0.0364. The number of nitrogens with two attached hydrogens (primary N) is 1. The molecular weight excluding hydrogens is 308 g/mol. The number of morpholine rings is 1. The van der Waals surface area contributed by atoms with Crippen LogP contribution in [-0.4, -0.2) is 67.1 Å². The van der Waals surface area contributed by atoms with Gasteiger partial charge in [0.05, 0.1) is 24.2 Å². The zero-order valence-electron chi connectivity index (χ0n) is 13.9. The topological polar surface area (TPSA) is 74.8 Å². The van der Waals surface area contributed by atoms with E-state index in [0.717, 1.165) is 74.2 Å². The number of nitrogens with zero attached hydrogens (tertiary/aromatic N) is 3. The molecule has 7 nitrogen and oxygen atoms in total. The maximum Gasteiger partial charge on any atom is 0.163 e. The molecular formula is C17H24N4O3. The largest absolute Gasteiger partial charge is 0.486 e. The van der Waals surface area contributed by atoms with Crippen LogP contribution in [0.4, 0.5) is 0 Å². The van der Waals surface area contributed by atoms with Crippen LogP contribution >= 0.6 is 0 Å². The lowest BCUT2D eigenvalue weighted by Gasteiger charge is -2.27. The Morgan fingerprint density at radius 3 is 2.50 bits per heavy atom. The van der Waals surface area contributed by atoms with E-state index >= 15 is 0 Å². The van der Waals surface area contributed by atoms with E-state index in [1.54, 1.807) is 0 Å². The molecule has 130 valence electrons. The summed E-state index contributed by atoms with van der Waals surface area (Å²) in [5, 5.41) is 0. The zero-order valence-corrected chi connectivity index (χ0v) is 13.9. The van der Waals surface area contributed by atoms with Crippen molar-refractivity contribution in [3.8, 4) is 11.5 Å². The van der Waals surface area contributed by atoms with Gasteiger partial charge in [0.1, 0.15) is 19.0 Å². The SMILES string of the molecule is NCCc1nc2cc3c(cc2n1CCN1CCOCC1)OCCO3. The monoisotopic (exact) mass is 332 g/mol. The van der Waals surface area contributed by atoms with Crippen LogP contribution in [0.2, 0.25) is 0 Å². The van der Waals surface area contributed by atoms with Crippen LogP contribution in [0.25, 0.3) is 11.0 Å². The minimum absolute atomic E-state index is 0.589. The second kappa shape index (κ2) is 6.96. The van der Waals surface area contributed by atoms with Gasteiger partial charge in [-0.3, -0.25) is 4.90 Å². The first-order chi connectivity index (χ1) is 11.8. The van der Waals surface area contributed by atoms with Crippen LogP contribution in [0.3, 0.4) is 0 Å². The number of hydrogen-bond donors (Lipinski definition) is 1. The Kier molecular flexibility index (Phi) is 4.55. The molecule has 0 aliphatic carbocycles. The van der Waals surface area contributed by atoms with Crippen molar-refractivity contribution in [1.82, 2.24) is 14.5 Å². The molecule has 1 aromatic carbocycles. The predicted octanol–water partition coefficient (Wildman–Crippen LogP) is 0.641. The highest BCUT2D eigenvalue weighted by atomic mass is 16.6. The average Bonchev–Trinajstić information content (AvgIpc) is 2.95. The Hall–Kier alpha value is -1.83. The molecule has 3 heterocycles. The fourth-order valence-corrected chi connectivity index (χ4v) is 3.35. The quantitative estimate of drug-likeness (QED) is 0.866. The first-order valence-electron chi connectivity index (χ1n) is 8.64. The summed E-state index contributed by atoms with van der Waals surface area (Å²) in [6.45, 7) is 7.27. The van der Waals surface area contributed by atoms with Crippen molar-refractivity contribution in [1.29, 1.82) is 0 Å². The van der Waals surface area contributed by atoms with Gasteiger partial charge in [-0.1, -0.05) is 0 Å². The summed E-state index contributed by atoms with van der Waals surface area (Å²) >= 11 is 0. The number of aromatic nitrogens is 2. The van der Waals surface area contributed by atoms with Gasteiger partial charge in [-0.15, -0.1) is 0 Å². The van der Waals surface area contributed by atoms with Crippen LogP contribution < -0.4 is 15.2 Å². The maximum atomic E-state index is 5.78. The van der Waals surface area contributed by atoms with Crippen molar-refractivity contribution in [2.75, 3.05) is 52.6 Å². The molecule has 0 radical (unpaired) electrons. The molecule has 1 aromatic heterocycles. The summed E-state index contributed by atoms with van der Waals surface area (Å²) in [7, 11) is 0. The van der Waals surface area contributed by atoms with Crippen LogP contribution in [0, 0.1) is 0 Å². The van der Waals surface area contributed by atoms with E-state index in [-0.39, 0.29) is 0 Å². The summed E-state index contributed by atoms with van der Waals surface area (Å²) < 4.78 is 19.1. The number of benzene rings is 1. The molecule has 2 aliphatic heterocycles. The molecule has 0 bridgehead atoms. The van der Waals surface area contributed by atoms with Gasteiger partial charge in [-0.05, 0) is 6.54 Å². The van der Waals surface area contributed by atoms with Gasteiger partial charge in [0.25, 0.3) is 0 Å². The number of ether oxygens (including phenoxy) is 3. The molecule has 7 heteroatoms. The summed E-state index contributed by atoms with van der Waals surface area (Å²) in [5.41, 5.74) is 7.82. The molecule has 0 amide bonds. The van der Waals surface area contributed by atoms with E-state index in [4.69, 9.17) is 24.9 Å². The zero-order chi connectivity index (χ0) is 16.4. The van der Waals surface area contributed by atoms with E-state index in [1.165, 1.54) is 0 Å². The molecule has 0 saturated carbocycles. The Labute approximate surface area is 141 Å². The molecule has 0 spiro atoms. The van der Waals surface area contributed by atoms with Crippen molar-refractivity contribution in [3.05, 3.63) is 18.0 Å². The lowest BCUT2D eigenvalue weighted by atomic mass is 10.2. The third-order valence-corrected chi connectivity index (χ3v) is 4.60. The smallest absolute Gasteiger partial charge is 0.163 e. The Morgan fingerprint density at radius 2 is 1.75 bits per heavy atom. The van der Waals surface area contributed by atoms with E-state index in [1.807, 2.05) is 6.07 Å². The second-order valence-electron chi connectivity index (χ2n) is 6.16. The van der Waals surface area contributed by atoms with Crippen molar-refractivity contribution < 1.29 is 14.2 Å². The second-order valence-corrected chi connectivity index (χ2v) is 6.16. The van der Waals surface area contributed by atoms with Gasteiger partial charge >= 0.3 is 0 Å². The summed E-state index contributed by atoms with van der Waals surface area (Å²) in [6.07, 6.45) is 0.768. The number of hydrogen-bond acceptors (Lipinski definition) is 6. The minimum atomic E-state index is 0.589. The highest BCUT2D eigenvalue weighted by molar-refractivity contribution is 5.80. The molecule has 1 fully saturated rings. The van der Waals surface area contributed by atoms with E-state index in [9.17, 15) is 0 Å². The summed E-state index contributed by atoms with van der Waals surface area (Å²) in [6, 6.07) is 4.03. The fourth-order valence-electron chi connectivity index (χ4n) is 3.35. The first-order valence-corrected chi connectivity index (χ1v) is 8.64. The van der Waals surface area contributed by atoms with Crippen molar-refractivity contribution >= 4 is 11.0 Å². The number of fused-ring (bicyclic) bond motifs is 2. The maximum absolute atomic E-state index is 5.78. The fraction of sp³-hybridized carbons (Fsp3) is 0.588. The minimum Gasteiger partial charge on any atom is -0.486 e. The highest BCUT2D eigenvalue weighted by Gasteiger charge is 2.19. The van der Waals surface area contributed by atoms with E-state index < -0.39 is 0 Å². The van der Waals surface area contributed by atoms with Crippen molar-refractivity contribution in [2.45, 2.75) is 13.0 Å². The van der Waals surface area contributed by atoms with Crippen LogP contribution in [0.15, 0.2) is 12.1 Å². The van der Waals surface area contributed by atoms with Crippen LogP contribution in [-0.2, 0) is 17.7 Å². The summed E-state index contributed by atoms with van der Waals surface area (Å²) in [5.74, 6) is 2.62. The van der Waals surface area contributed by atoms with Gasteiger partial charge < -0.3 is 24.5 Å². The third kappa shape index (κ3) is 3.07. The first kappa shape index (κ1) is 15.7. The Balaban J connectivity index is 1.64. The lowest BCUT2D eigenvalue weighted by Crippen LogP contribution is -2.38. The van der Waals surface area contributed by atoms with Crippen LogP contribution in [0.5, 0.6) is 11.5 Å². The van der Waals surface area contributed by atoms with Crippen molar-refractivity contribution in [3.63, 3.8) is 0 Å².